The van der Waals surface area contributed by atoms with Gasteiger partial charge >= 0.3 is 0 Å². The highest BCUT2D eigenvalue weighted by atomic mass is 14.1. The average Bonchev–Trinajstić information content (AvgIpc) is 2.48. The van der Waals surface area contributed by atoms with Crippen LogP contribution in [0.2, 0.25) is 0 Å². The van der Waals surface area contributed by atoms with Crippen molar-refractivity contribution in [3.05, 3.63) is 83.9 Å². The largest absolute Gasteiger partial charge is 0.0985 e. The molecule has 0 fully saturated rings. The highest BCUT2D eigenvalue weighted by Crippen LogP contribution is 2.22. The van der Waals surface area contributed by atoms with Crippen molar-refractivity contribution in [2.75, 3.05) is 0 Å². The number of hydrogen-bond acceptors (Lipinski definition) is 0. The summed E-state index contributed by atoms with van der Waals surface area (Å²) < 4.78 is 0. The first-order chi connectivity index (χ1) is 9.24. The molecule has 0 unspecified atom stereocenters. The van der Waals surface area contributed by atoms with E-state index >= 15 is 0 Å². The van der Waals surface area contributed by atoms with Crippen LogP contribution in [0.3, 0.4) is 0 Å². The van der Waals surface area contributed by atoms with Crippen LogP contribution < -0.4 is 0 Å². The molecule has 0 bridgehead atoms. The van der Waals surface area contributed by atoms with Crippen LogP contribution in [0.15, 0.2) is 61.7 Å². The Kier molecular flexibility index (Phi) is 4.35. The van der Waals surface area contributed by atoms with E-state index in [0.717, 1.165) is 23.1 Å². The first-order valence-corrected chi connectivity index (χ1v) is 6.75. The van der Waals surface area contributed by atoms with Gasteiger partial charge < -0.3 is 0 Å². The van der Waals surface area contributed by atoms with Gasteiger partial charge in [-0.1, -0.05) is 81.1 Å². The molecule has 96 valence electrons. The minimum absolute atomic E-state index is 1.07. The molecule has 2 aromatic rings. The Hall–Kier alpha value is -2.08. The molecule has 0 saturated heterocycles. The van der Waals surface area contributed by atoms with Gasteiger partial charge in [-0.2, -0.15) is 0 Å². The average molecular weight is 248 g/mol. The van der Waals surface area contributed by atoms with Gasteiger partial charge in [-0.3, -0.25) is 0 Å². The van der Waals surface area contributed by atoms with E-state index in [1.165, 1.54) is 17.5 Å². The maximum absolute atomic E-state index is 4.20. The zero-order chi connectivity index (χ0) is 13.7. The topological polar surface area (TPSA) is 0 Å². The smallest absolute Gasteiger partial charge is 0.0183 e. The van der Waals surface area contributed by atoms with Gasteiger partial charge in [-0.15, -0.1) is 0 Å². The lowest BCUT2D eigenvalue weighted by molar-refractivity contribution is 0.922. The maximum atomic E-state index is 4.20. The molecule has 0 aliphatic heterocycles. The van der Waals surface area contributed by atoms with E-state index in [9.17, 15) is 0 Å². The Morgan fingerprint density at radius 3 is 1.95 bits per heavy atom. The summed E-state index contributed by atoms with van der Waals surface area (Å²) in [5, 5.41) is 0. The third-order valence-electron chi connectivity index (χ3n) is 3.34. The van der Waals surface area contributed by atoms with E-state index < -0.39 is 0 Å². The summed E-state index contributed by atoms with van der Waals surface area (Å²) in [6, 6.07) is 17.0. The van der Waals surface area contributed by atoms with Crippen molar-refractivity contribution in [1.29, 1.82) is 0 Å². The molecule has 0 spiro atoms. The molecule has 2 aromatic carbocycles. The Labute approximate surface area is 116 Å². The van der Waals surface area contributed by atoms with Crippen molar-refractivity contribution in [3.8, 4) is 0 Å². The second-order valence-electron chi connectivity index (χ2n) is 4.75. The van der Waals surface area contributed by atoms with Gasteiger partial charge in [0.2, 0.25) is 0 Å². The van der Waals surface area contributed by atoms with Crippen molar-refractivity contribution in [2.24, 2.45) is 0 Å². The van der Waals surface area contributed by atoms with Gasteiger partial charge in [0.05, 0.1) is 0 Å². The fourth-order valence-electron chi connectivity index (χ4n) is 2.15. The number of benzene rings is 2. The van der Waals surface area contributed by atoms with Crippen LogP contribution in [0, 0.1) is 0 Å². The van der Waals surface area contributed by atoms with Gasteiger partial charge in [0, 0.05) is 0 Å². The Bertz CT molecular complexity index is 556. The minimum Gasteiger partial charge on any atom is -0.0985 e. The molecule has 0 amide bonds. The minimum atomic E-state index is 1.07. The van der Waals surface area contributed by atoms with Crippen LogP contribution >= 0.6 is 0 Å². The van der Waals surface area contributed by atoms with E-state index in [0.29, 0.717) is 0 Å². The highest BCUT2D eigenvalue weighted by molar-refractivity contribution is 5.78. The van der Waals surface area contributed by atoms with Gasteiger partial charge in [0.1, 0.15) is 0 Å². The van der Waals surface area contributed by atoms with Crippen molar-refractivity contribution in [3.63, 3.8) is 0 Å². The molecule has 0 heterocycles. The molecule has 0 N–H and O–H groups in total. The fourth-order valence-corrected chi connectivity index (χ4v) is 2.15. The number of rotatable bonds is 5. The molecule has 0 heteroatoms. The summed E-state index contributed by atoms with van der Waals surface area (Å²) in [4.78, 5) is 0. The molecule has 0 radical (unpaired) electrons. The Balaban J connectivity index is 2.20. The van der Waals surface area contributed by atoms with Crippen molar-refractivity contribution < 1.29 is 0 Å². The molecular formula is C19H20. The summed E-state index contributed by atoms with van der Waals surface area (Å²) in [6.45, 7) is 10.2. The number of hydrogen-bond donors (Lipinski definition) is 0. The predicted molar refractivity (Wildman–Crippen MR) is 85.1 cm³/mol. The van der Waals surface area contributed by atoms with Crippen LogP contribution in [0.25, 0.3) is 11.6 Å². The van der Waals surface area contributed by atoms with Gasteiger partial charge in [-0.25, -0.2) is 0 Å². The SMILES string of the molecule is C=Cc1ccc(C(=C)c2ccc(CCC)cc2)cc1. The molecular weight excluding hydrogens is 228 g/mol. The quantitative estimate of drug-likeness (QED) is 0.669. The van der Waals surface area contributed by atoms with Crippen LogP contribution in [0.4, 0.5) is 0 Å². The summed E-state index contributed by atoms with van der Waals surface area (Å²) >= 11 is 0. The summed E-state index contributed by atoms with van der Waals surface area (Å²) in [5.41, 5.74) is 5.94. The third-order valence-corrected chi connectivity index (χ3v) is 3.34. The lowest BCUT2D eigenvalue weighted by atomic mass is 9.97. The second-order valence-corrected chi connectivity index (χ2v) is 4.75. The van der Waals surface area contributed by atoms with E-state index in [1.54, 1.807) is 0 Å². The van der Waals surface area contributed by atoms with E-state index in [2.05, 4.69) is 68.6 Å². The summed E-state index contributed by atoms with van der Waals surface area (Å²) in [7, 11) is 0. The monoisotopic (exact) mass is 248 g/mol. The van der Waals surface area contributed by atoms with E-state index in [1.807, 2.05) is 6.08 Å². The van der Waals surface area contributed by atoms with Crippen LogP contribution in [0.5, 0.6) is 0 Å². The standard InChI is InChI=1S/C19H20/c1-4-6-17-9-13-19(14-10-17)15(3)18-11-7-16(5-2)8-12-18/h5,7-14H,2-4,6H2,1H3. The fraction of sp³-hybridized carbons (Fsp3) is 0.158. The Morgan fingerprint density at radius 1 is 0.947 bits per heavy atom. The van der Waals surface area contributed by atoms with E-state index in [-0.39, 0.29) is 0 Å². The number of aryl methyl sites for hydroxylation is 1. The zero-order valence-electron chi connectivity index (χ0n) is 11.5. The third kappa shape index (κ3) is 3.23. The molecule has 0 aromatic heterocycles. The lowest BCUT2D eigenvalue weighted by Crippen LogP contribution is -1.88. The molecule has 0 aliphatic rings. The van der Waals surface area contributed by atoms with Crippen molar-refractivity contribution >= 4 is 11.6 Å². The van der Waals surface area contributed by atoms with Gasteiger partial charge in [0.25, 0.3) is 0 Å². The summed E-state index contributed by atoms with van der Waals surface area (Å²) in [5.74, 6) is 0. The van der Waals surface area contributed by atoms with Gasteiger partial charge in [0.15, 0.2) is 0 Å². The lowest BCUT2D eigenvalue weighted by Gasteiger charge is -2.08. The summed E-state index contributed by atoms with van der Waals surface area (Å²) in [6.07, 6.45) is 4.18. The highest BCUT2D eigenvalue weighted by Gasteiger charge is 2.02. The maximum Gasteiger partial charge on any atom is -0.0183 e. The molecule has 2 rings (SSSR count). The normalized spacial score (nSPS) is 10.2. The van der Waals surface area contributed by atoms with Crippen molar-refractivity contribution in [1.82, 2.24) is 0 Å². The molecule has 0 aliphatic carbocycles. The second kappa shape index (κ2) is 6.19. The molecule has 0 atom stereocenters. The van der Waals surface area contributed by atoms with Crippen LogP contribution in [-0.2, 0) is 6.42 Å². The Morgan fingerprint density at radius 2 is 1.47 bits per heavy atom. The van der Waals surface area contributed by atoms with Crippen LogP contribution in [0.1, 0.15) is 35.6 Å². The molecule has 0 saturated carbocycles. The zero-order valence-corrected chi connectivity index (χ0v) is 11.5. The van der Waals surface area contributed by atoms with Crippen molar-refractivity contribution in [2.45, 2.75) is 19.8 Å². The molecule has 19 heavy (non-hydrogen) atoms. The predicted octanol–water partition coefficient (Wildman–Crippen LogP) is 5.34. The van der Waals surface area contributed by atoms with Gasteiger partial charge in [-0.05, 0) is 34.2 Å². The first-order valence-electron chi connectivity index (χ1n) is 6.75. The molecule has 0 nitrogen and oxygen atoms in total. The van der Waals surface area contributed by atoms with E-state index in [4.69, 9.17) is 0 Å². The first kappa shape index (κ1) is 13.4. The van der Waals surface area contributed by atoms with Crippen LogP contribution in [-0.4, -0.2) is 0 Å².